The molecule has 0 aromatic carbocycles. The smallest absolute Gasteiger partial charge is 0.228 e. The van der Waals surface area contributed by atoms with Crippen molar-refractivity contribution in [3.8, 4) is 0 Å². The number of nitrogens with zero attached hydrogens (tertiary/aromatic N) is 6. The van der Waals surface area contributed by atoms with Crippen LogP contribution in [0.5, 0.6) is 0 Å². The number of aryl methyl sites for hydroxylation is 2. The van der Waals surface area contributed by atoms with E-state index in [9.17, 15) is 4.79 Å². The number of aromatic nitrogens is 4. The maximum absolute atomic E-state index is 12.5. The lowest BCUT2D eigenvalue weighted by atomic mass is 10.2. The molecule has 4 rings (SSSR count). The van der Waals surface area contributed by atoms with E-state index in [4.69, 9.17) is 9.72 Å². The van der Waals surface area contributed by atoms with Gasteiger partial charge >= 0.3 is 0 Å². The van der Waals surface area contributed by atoms with Crippen LogP contribution in [0.3, 0.4) is 0 Å². The Hall–Kier alpha value is -2.19. The fourth-order valence-electron chi connectivity index (χ4n) is 3.99. The molecule has 27 heavy (non-hydrogen) atoms. The first-order valence-electron chi connectivity index (χ1n) is 9.66. The molecule has 2 aromatic rings. The molecule has 0 spiro atoms. The van der Waals surface area contributed by atoms with Crippen LogP contribution in [0.25, 0.3) is 0 Å². The predicted molar refractivity (Wildman–Crippen MR) is 100 cm³/mol. The second-order valence-electron chi connectivity index (χ2n) is 7.50. The Kier molecular flexibility index (Phi) is 5.01. The minimum atomic E-state index is 0.142. The highest BCUT2D eigenvalue weighted by Crippen LogP contribution is 2.26. The average Bonchev–Trinajstić information content (AvgIpc) is 3.21. The number of amides is 1. The van der Waals surface area contributed by atoms with E-state index in [-0.39, 0.29) is 11.9 Å². The fraction of sp³-hybridized carbons (Fsp3) is 0.632. The van der Waals surface area contributed by atoms with Crippen molar-refractivity contribution >= 4 is 5.91 Å². The lowest BCUT2D eigenvalue weighted by molar-refractivity contribution is -0.134. The molecule has 2 aliphatic rings. The summed E-state index contributed by atoms with van der Waals surface area (Å²) in [4.78, 5) is 21.6. The summed E-state index contributed by atoms with van der Waals surface area (Å²) >= 11 is 0. The van der Waals surface area contributed by atoms with Gasteiger partial charge in [0.05, 0.1) is 42.8 Å². The number of fused-ring (bicyclic) bond motifs is 1. The van der Waals surface area contributed by atoms with Gasteiger partial charge in [-0.2, -0.15) is 5.10 Å². The van der Waals surface area contributed by atoms with Crippen LogP contribution in [0.2, 0.25) is 0 Å². The van der Waals surface area contributed by atoms with Gasteiger partial charge in [0, 0.05) is 46.0 Å². The molecular formula is C19H28N6O2. The first-order chi connectivity index (χ1) is 13.0. The number of hydrogen-bond acceptors (Lipinski definition) is 5. The standard InChI is InChI=1S/C19H28N6O2/c1-14-10-17(22(3)21-14)13-24-4-5-25-12-16(20-19(25)15(24)2)11-18(26)23-6-8-27-9-7-23/h10,12,15H,4-9,11,13H2,1-3H3/t15-/m0/s1. The lowest BCUT2D eigenvalue weighted by Gasteiger charge is -2.33. The van der Waals surface area contributed by atoms with Gasteiger partial charge in [-0.1, -0.05) is 0 Å². The number of imidazole rings is 1. The molecule has 1 atom stereocenters. The minimum absolute atomic E-state index is 0.142. The van der Waals surface area contributed by atoms with Crippen LogP contribution < -0.4 is 0 Å². The van der Waals surface area contributed by atoms with Crippen LogP contribution in [-0.4, -0.2) is 67.9 Å². The van der Waals surface area contributed by atoms with Crippen molar-refractivity contribution in [1.29, 1.82) is 0 Å². The Morgan fingerprint density at radius 3 is 2.74 bits per heavy atom. The second-order valence-corrected chi connectivity index (χ2v) is 7.50. The molecule has 8 heteroatoms. The van der Waals surface area contributed by atoms with Crippen molar-refractivity contribution in [2.45, 2.75) is 39.4 Å². The molecular weight excluding hydrogens is 344 g/mol. The molecule has 1 amide bonds. The van der Waals surface area contributed by atoms with Crippen LogP contribution >= 0.6 is 0 Å². The Labute approximate surface area is 159 Å². The van der Waals surface area contributed by atoms with E-state index in [1.54, 1.807) is 0 Å². The Bertz CT molecular complexity index is 820. The number of hydrogen-bond donors (Lipinski definition) is 0. The van der Waals surface area contributed by atoms with Gasteiger partial charge in [0.25, 0.3) is 0 Å². The zero-order valence-corrected chi connectivity index (χ0v) is 16.4. The summed E-state index contributed by atoms with van der Waals surface area (Å²) in [5.74, 6) is 1.19. The number of morpholine rings is 1. The molecule has 0 saturated carbocycles. The lowest BCUT2D eigenvalue weighted by Crippen LogP contribution is -2.41. The van der Waals surface area contributed by atoms with Gasteiger partial charge in [0.15, 0.2) is 0 Å². The van der Waals surface area contributed by atoms with E-state index in [0.29, 0.717) is 32.7 Å². The molecule has 1 saturated heterocycles. The highest BCUT2D eigenvalue weighted by Gasteiger charge is 2.28. The van der Waals surface area contributed by atoms with E-state index in [1.807, 2.05) is 23.6 Å². The summed E-state index contributed by atoms with van der Waals surface area (Å²) < 4.78 is 9.49. The van der Waals surface area contributed by atoms with Crippen LogP contribution in [0, 0.1) is 6.92 Å². The number of ether oxygens (including phenoxy) is 1. The van der Waals surface area contributed by atoms with E-state index >= 15 is 0 Å². The predicted octanol–water partition coefficient (Wildman–Crippen LogP) is 0.903. The molecule has 146 valence electrons. The summed E-state index contributed by atoms with van der Waals surface area (Å²) in [6, 6.07) is 2.35. The molecule has 4 heterocycles. The van der Waals surface area contributed by atoms with Gasteiger partial charge in [-0.3, -0.25) is 14.4 Å². The third-order valence-electron chi connectivity index (χ3n) is 5.57. The van der Waals surface area contributed by atoms with Crippen LogP contribution in [0.15, 0.2) is 12.3 Å². The van der Waals surface area contributed by atoms with Gasteiger partial charge in [0.2, 0.25) is 5.91 Å². The third-order valence-corrected chi connectivity index (χ3v) is 5.57. The fourth-order valence-corrected chi connectivity index (χ4v) is 3.99. The quantitative estimate of drug-likeness (QED) is 0.798. The van der Waals surface area contributed by atoms with Crippen molar-refractivity contribution in [1.82, 2.24) is 29.1 Å². The van der Waals surface area contributed by atoms with Crippen LogP contribution in [-0.2, 0) is 36.1 Å². The highest BCUT2D eigenvalue weighted by atomic mass is 16.5. The second kappa shape index (κ2) is 7.44. The van der Waals surface area contributed by atoms with Gasteiger partial charge < -0.3 is 14.2 Å². The summed E-state index contributed by atoms with van der Waals surface area (Å²) in [7, 11) is 1.99. The van der Waals surface area contributed by atoms with E-state index in [2.05, 4.69) is 33.8 Å². The SMILES string of the molecule is Cc1cc(CN2CCn3cc(CC(=O)N4CCOCC4)nc3[C@@H]2C)n(C)n1. The molecule has 0 aliphatic carbocycles. The van der Waals surface area contributed by atoms with Crippen molar-refractivity contribution in [3.63, 3.8) is 0 Å². The number of carbonyl (C=O) groups excluding carboxylic acids is 1. The Balaban J connectivity index is 1.44. The van der Waals surface area contributed by atoms with Gasteiger partial charge in [-0.15, -0.1) is 0 Å². The first kappa shape index (κ1) is 18.2. The largest absolute Gasteiger partial charge is 0.378 e. The van der Waals surface area contributed by atoms with Crippen molar-refractivity contribution < 1.29 is 9.53 Å². The van der Waals surface area contributed by atoms with Crippen LogP contribution in [0.1, 0.15) is 35.9 Å². The number of carbonyl (C=O) groups is 1. The van der Waals surface area contributed by atoms with Crippen molar-refractivity contribution in [3.05, 3.63) is 35.2 Å². The van der Waals surface area contributed by atoms with Gasteiger partial charge in [-0.05, 0) is 19.9 Å². The highest BCUT2D eigenvalue weighted by molar-refractivity contribution is 5.78. The molecule has 0 radical (unpaired) electrons. The molecule has 8 nitrogen and oxygen atoms in total. The molecule has 2 aromatic heterocycles. The zero-order valence-electron chi connectivity index (χ0n) is 16.4. The summed E-state index contributed by atoms with van der Waals surface area (Å²) in [5, 5.41) is 4.45. The number of rotatable bonds is 4. The van der Waals surface area contributed by atoms with Gasteiger partial charge in [0.1, 0.15) is 5.82 Å². The zero-order chi connectivity index (χ0) is 19.0. The Morgan fingerprint density at radius 1 is 1.26 bits per heavy atom. The van der Waals surface area contributed by atoms with Crippen LogP contribution in [0.4, 0.5) is 0 Å². The monoisotopic (exact) mass is 372 g/mol. The summed E-state index contributed by atoms with van der Waals surface area (Å²) in [6.45, 7) is 9.55. The topological polar surface area (TPSA) is 68.4 Å². The summed E-state index contributed by atoms with van der Waals surface area (Å²) in [5.41, 5.74) is 3.12. The maximum Gasteiger partial charge on any atom is 0.228 e. The molecule has 2 aliphatic heterocycles. The third kappa shape index (κ3) is 3.77. The van der Waals surface area contributed by atoms with E-state index in [1.165, 1.54) is 5.69 Å². The Morgan fingerprint density at radius 2 is 2.04 bits per heavy atom. The summed E-state index contributed by atoms with van der Waals surface area (Å²) in [6.07, 6.45) is 2.42. The molecule has 0 bridgehead atoms. The normalized spacial score (nSPS) is 20.7. The first-order valence-corrected chi connectivity index (χ1v) is 9.66. The molecule has 1 fully saturated rings. The maximum atomic E-state index is 12.5. The minimum Gasteiger partial charge on any atom is -0.378 e. The molecule has 0 unspecified atom stereocenters. The molecule has 0 N–H and O–H groups in total. The van der Waals surface area contributed by atoms with E-state index in [0.717, 1.165) is 36.8 Å². The van der Waals surface area contributed by atoms with E-state index < -0.39 is 0 Å². The van der Waals surface area contributed by atoms with Gasteiger partial charge in [-0.25, -0.2) is 4.98 Å². The average molecular weight is 372 g/mol. The van der Waals surface area contributed by atoms with Crippen molar-refractivity contribution in [2.24, 2.45) is 7.05 Å². The van der Waals surface area contributed by atoms with Crippen molar-refractivity contribution in [2.75, 3.05) is 32.8 Å².